The summed E-state index contributed by atoms with van der Waals surface area (Å²) in [6.45, 7) is 3.77. The van der Waals surface area contributed by atoms with Crippen molar-refractivity contribution in [1.82, 2.24) is 4.98 Å². The van der Waals surface area contributed by atoms with Gasteiger partial charge in [-0.2, -0.15) is 0 Å². The lowest BCUT2D eigenvalue weighted by Crippen LogP contribution is -2.15. The van der Waals surface area contributed by atoms with Crippen molar-refractivity contribution in [2.24, 2.45) is 0 Å². The van der Waals surface area contributed by atoms with Crippen LogP contribution in [0.3, 0.4) is 0 Å². The monoisotopic (exact) mass is 278 g/mol. The minimum absolute atomic E-state index is 0.0204. The van der Waals surface area contributed by atoms with Gasteiger partial charge in [0, 0.05) is 12.3 Å². The number of hydrogen-bond donors (Lipinski definition) is 2. The second-order valence-corrected chi connectivity index (χ2v) is 5.99. The van der Waals surface area contributed by atoms with Gasteiger partial charge in [-0.1, -0.05) is 17.7 Å². The first kappa shape index (κ1) is 13.4. The maximum atomic E-state index is 12.1. The van der Waals surface area contributed by atoms with Crippen LogP contribution in [0.4, 0.5) is 5.69 Å². The van der Waals surface area contributed by atoms with Crippen LogP contribution in [0.15, 0.2) is 46.2 Å². The topological polar surface area (TPSA) is 79.0 Å². The summed E-state index contributed by atoms with van der Waals surface area (Å²) in [5.41, 5.74) is 2.08. The highest BCUT2D eigenvalue weighted by Crippen LogP contribution is 2.19. The summed E-state index contributed by atoms with van der Waals surface area (Å²) in [5, 5.41) is 0. The molecule has 0 saturated carbocycles. The normalized spacial score (nSPS) is 11.3. The van der Waals surface area contributed by atoms with Gasteiger partial charge in [-0.25, -0.2) is 8.42 Å². The van der Waals surface area contributed by atoms with E-state index in [2.05, 4.69) is 9.71 Å². The summed E-state index contributed by atoms with van der Waals surface area (Å²) >= 11 is 0. The zero-order valence-electron chi connectivity index (χ0n) is 10.6. The quantitative estimate of drug-likeness (QED) is 0.898. The van der Waals surface area contributed by atoms with E-state index >= 15 is 0 Å². The number of anilines is 1. The van der Waals surface area contributed by atoms with E-state index < -0.39 is 10.0 Å². The Morgan fingerprint density at radius 1 is 1.11 bits per heavy atom. The number of aromatic amines is 1. The SMILES string of the molecule is Cc1ccc(NS(=O)(=O)c2ccc(=O)[nH]c2)c(C)c1. The van der Waals surface area contributed by atoms with Crippen molar-refractivity contribution < 1.29 is 8.42 Å². The third-order valence-electron chi connectivity index (χ3n) is 2.69. The summed E-state index contributed by atoms with van der Waals surface area (Å²) < 4.78 is 26.7. The number of pyridine rings is 1. The van der Waals surface area contributed by atoms with Crippen molar-refractivity contribution in [3.63, 3.8) is 0 Å². The van der Waals surface area contributed by atoms with E-state index in [-0.39, 0.29) is 10.5 Å². The molecule has 0 aliphatic heterocycles. The van der Waals surface area contributed by atoms with Crippen molar-refractivity contribution in [1.29, 1.82) is 0 Å². The predicted octanol–water partition coefficient (Wildman–Crippen LogP) is 1.79. The lowest BCUT2D eigenvalue weighted by atomic mass is 10.1. The molecule has 0 aliphatic carbocycles. The standard InChI is InChI=1S/C13H14N2O3S/c1-9-3-5-12(10(2)7-9)15-19(17,18)11-4-6-13(16)14-8-11/h3-8,15H,1-2H3,(H,14,16). The van der Waals surface area contributed by atoms with E-state index in [1.807, 2.05) is 26.0 Å². The predicted molar refractivity (Wildman–Crippen MR) is 73.8 cm³/mol. The largest absolute Gasteiger partial charge is 0.328 e. The molecule has 0 spiro atoms. The zero-order chi connectivity index (χ0) is 14.0. The third kappa shape index (κ3) is 3.03. The van der Waals surface area contributed by atoms with E-state index in [9.17, 15) is 13.2 Å². The van der Waals surface area contributed by atoms with Gasteiger partial charge in [0.15, 0.2) is 0 Å². The van der Waals surface area contributed by atoms with E-state index in [0.717, 1.165) is 11.1 Å². The van der Waals surface area contributed by atoms with E-state index in [0.29, 0.717) is 5.69 Å². The minimum atomic E-state index is -3.69. The van der Waals surface area contributed by atoms with E-state index in [4.69, 9.17) is 0 Å². The van der Waals surface area contributed by atoms with Gasteiger partial charge in [0.1, 0.15) is 4.90 Å². The lowest BCUT2D eigenvalue weighted by molar-refractivity contribution is 0.600. The van der Waals surface area contributed by atoms with Crippen LogP contribution in [0, 0.1) is 13.8 Å². The molecule has 0 amide bonds. The molecule has 1 aromatic heterocycles. The highest BCUT2D eigenvalue weighted by atomic mass is 32.2. The lowest BCUT2D eigenvalue weighted by Gasteiger charge is -2.10. The minimum Gasteiger partial charge on any atom is -0.328 e. The Labute approximate surface area is 111 Å². The maximum Gasteiger partial charge on any atom is 0.263 e. The first-order chi connectivity index (χ1) is 8.88. The summed E-state index contributed by atoms with van der Waals surface area (Å²) in [7, 11) is -3.69. The molecule has 19 heavy (non-hydrogen) atoms. The molecule has 1 aromatic carbocycles. The number of aromatic nitrogens is 1. The zero-order valence-corrected chi connectivity index (χ0v) is 11.4. The number of hydrogen-bond acceptors (Lipinski definition) is 3. The van der Waals surface area contributed by atoms with Crippen LogP contribution in [0.1, 0.15) is 11.1 Å². The molecule has 2 aromatic rings. The molecular weight excluding hydrogens is 264 g/mol. The Balaban J connectivity index is 2.36. The van der Waals surface area contributed by atoms with Crippen molar-refractivity contribution in [2.45, 2.75) is 18.7 Å². The Morgan fingerprint density at radius 3 is 2.42 bits per heavy atom. The molecule has 0 unspecified atom stereocenters. The first-order valence-electron chi connectivity index (χ1n) is 5.67. The van der Waals surface area contributed by atoms with Gasteiger partial charge in [0.2, 0.25) is 5.56 Å². The van der Waals surface area contributed by atoms with Crippen LogP contribution >= 0.6 is 0 Å². The van der Waals surface area contributed by atoms with Gasteiger partial charge in [-0.05, 0) is 31.5 Å². The van der Waals surface area contributed by atoms with Gasteiger partial charge in [-0.3, -0.25) is 9.52 Å². The Bertz CT molecular complexity index is 743. The van der Waals surface area contributed by atoms with E-state index in [1.54, 1.807) is 6.07 Å². The summed E-state index contributed by atoms with van der Waals surface area (Å²) in [4.78, 5) is 13.3. The second kappa shape index (κ2) is 4.89. The van der Waals surface area contributed by atoms with Gasteiger partial charge >= 0.3 is 0 Å². The fourth-order valence-corrected chi connectivity index (χ4v) is 2.79. The molecule has 0 fully saturated rings. The van der Waals surface area contributed by atoms with Gasteiger partial charge in [0.05, 0.1) is 5.69 Å². The second-order valence-electron chi connectivity index (χ2n) is 4.31. The number of aryl methyl sites for hydroxylation is 2. The number of H-pyrrole nitrogens is 1. The van der Waals surface area contributed by atoms with Crippen LogP contribution in [0.25, 0.3) is 0 Å². The molecule has 0 bridgehead atoms. The van der Waals surface area contributed by atoms with Crippen molar-refractivity contribution in [3.8, 4) is 0 Å². The molecule has 6 heteroatoms. The Kier molecular flexibility index (Phi) is 3.44. The summed E-state index contributed by atoms with van der Waals surface area (Å²) in [5.74, 6) is 0. The van der Waals surface area contributed by atoms with E-state index in [1.165, 1.54) is 18.3 Å². The molecule has 100 valence electrons. The number of rotatable bonds is 3. The maximum absolute atomic E-state index is 12.1. The molecule has 0 atom stereocenters. The van der Waals surface area contributed by atoms with Crippen LogP contribution < -0.4 is 10.3 Å². The average Bonchev–Trinajstić information content (AvgIpc) is 2.33. The van der Waals surface area contributed by atoms with Gasteiger partial charge in [-0.15, -0.1) is 0 Å². The highest BCUT2D eigenvalue weighted by Gasteiger charge is 2.15. The van der Waals surface area contributed by atoms with Crippen molar-refractivity contribution >= 4 is 15.7 Å². The highest BCUT2D eigenvalue weighted by molar-refractivity contribution is 7.92. The number of sulfonamides is 1. The number of nitrogens with one attached hydrogen (secondary N) is 2. The Morgan fingerprint density at radius 2 is 1.84 bits per heavy atom. The molecule has 2 rings (SSSR count). The van der Waals surface area contributed by atoms with Crippen molar-refractivity contribution in [3.05, 3.63) is 58.0 Å². The molecule has 0 aliphatic rings. The molecular formula is C13H14N2O3S. The molecule has 1 heterocycles. The third-order valence-corrected chi connectivity index (χ3v) is 4.06. The van der Waals surface area contributed by atoms with Crippen LogP contribution in [-0.2, 0) is 10.0 Å². The fourth-order valence-electron chi connectivity index (χ4n) is 1.70. The molecule has 2 N–H and O–H groups in total. The molecule has 5 nitrogen and oxygen atoms in total. The summed E-state index contributed by atoms with van der Waals surface area (Å²) in [6.07, 6.45) is 1.17. The first-order valence-corrected chi connectivity index (χ1v) is 7.15. The Hall–Kier alpha value is -2.08. The van der Waals surface area contributed by atoms with Gasteiger partial charge in [0.25, 0.3) is 10.0 Å². The molecule has 0 saturated heterocycles. The molecule has 0 radical (unpaired) electrons. The number of benzene rings is 1. The van der Waals surface area contributed by atoms with Gasteiger partial charge < -0.3 is 4.98 Å². The average molecular weight is 278 g/mol. The smallest absolute Gasteiger partial charge is 0.263 e. The summed E-state index contributed by atoms with van der Waals surface area (Å²) in [6, 6.07) is 7.89. The van der Waals surface area contributed by atoms with Crippen LogP contribution in [0.5, 0.6) is 0 Å². The van der Waals surface area contributed by atoms with Crippen LogP contribution in [0.2, 0.25) is 0 Å². The van der Waals surface area contributed by atoms with Crippen molar-refractivity contribution in [2.75, 3.05) is 4.72 Å². The van der Waals surface area contributed by atoms with Crippen LogP contribution in [-0.4, -0.2) is 13.4 Å². The fraction of sp³-hybridized carbons (Fsp3) is 0.154.